The minimum Gasteiger partial charge on any atom is -0.365 e. The second kappa shape index (κ2) is 5.44. The number of nitrogens with zero attached hydrogens (tertiary/aromatic N) is 4. The van der Waals surface area contributed by atoms with Crippen LogP contribution in [0.3, 0.4) is 0 Å². The van der Waals surface area contributed by atoms with Crippen molar-refractivity contribution in [2.24, 2.45) is 5.73 Å². The predicted octanol–water partition coefficient (Wildman–Crippen LogP) is 1.42. The van der Waals surface area contributed by atoms with E-state index in [-0.39, 0.29) is 0 Å². The fourth-order valence-electron chi connectivity index (χ4n) is 3.11. The van der Waals surface area contributed by atoms with Gasteiger partial charge in [0.2, 0.25) is 0 Å². The van der Waals surface area contributed by atoms with Crippen LogP contribution in [0, 0.1) is 0 Å². The molecule has 1 aliphatic heterocycles. The first-order valence-corrected chi connectivity index (χ1v) is 7.44. The Morgan fingerprint density at radius 1 is 1.48 bits per heavy atom. The number of hydrogen-bond acceptors (Lipinski definition) is 4. The van der Waals surface area contributed by atoms with Gasteiger partial charge in [-0.25, -0.2) is 9.50 Å². The summed E-state index contributed by atoms with van der Waals surface area (Å²) in [5.41, 5.74) is 7.42. The van der Waals surface area contributed by atoms with Crippen LogP contribution < -0.4 is 5.73 Å². The topological polar surface area (TPSA) is 76.5 Å². The van der Waals surface area contributed by atoms with Gasteiger partial charge in [-0.3, -0.25) is 4.79 Å². The van der Waals surface area contributed by atoms with Crippen molar-refractivity contribution in [1.29, 1.82) is 0 Å². The molecule has 1 amide bonds. The Balaban J connectivity index is 1.99. The van der Waals surface area contributed by atoms with Gasteiger partial charge in [0.25, 0.3) is 5.91 Å². The fourth-order valence-corrected chi connectivity index (χ4v) is 3.11. The van der Waals surface area contributed by atoms with Crippen molar-refractivity contribution in [2.45, 2.75) is 38.6 Å². The van der Waals surface area contributed by atoms with E-state index in [4.69, 9.17) is 5.73 Å². The Kier molecular flexibility index (Phi) is 3.63. The van der Waals surface area contributed by atoms with Crippen LogP contribution in [0.5, 0.6) is 0 Å². The highest BCUT2D eigenvalue weighted by atomic mass is 16.1. The van der Waals surface area contributed by atoms with E-state index in [1.54, 1.807) is 10.7 Å². The molecular formula is C15H21N5O. The SMILES string of the molecule is CC(C)N1CCCC(c2ccnc3c(C(N)=O)cnn23)C1. The summed E-state index contributed by atoms with van der Waals surface area (Å²) in [4.78, 5) is 18.2. The molecule has 3 heterocycles. The van der Waals surface area contributed by atoms with Crippen molar-refractivity contribution in [3.05, 3.63) is 29.7 Å². The van der Waals surface area contributed by atoms with Crippen LogP contribution in [0.4, 0.5) is 0 Å². The molecule has 21 heavy (non-hydrogen) atoms. The van der Waals surface area contributed by atoms with Crippen LogP contribution in [0.2, 0.25) is 0 Å². The molecule has 3 rings (SSSR count). The third kappa shape index (κ3) is 2.51. The lowest BCUT2D eigenvalue weighted by atomic mass is 9.93. The second-order valence-electron chi connectivity index (χ2n) is 5.96. The summed E-state index contributed by atoms with van der Waals surface area (Å²) in [6, 6.07) is 2.54. The highest BCUT2D eigenvalue weighted by Gasteiger charge is 2.25. The van der Waals surface area contributed by atoms with E-state index in [1.165, 1.54) is 12.6 Å². The van der Waals surface area contributed by atoms with Gasteiger partial charge in [0.15, 0.2) is 5.65 Å². The van der Waals surface area contributed by atoms with E-state index in [0.29, 0.717) is 23.2 Å². The standard InChI is InChI=1S/C15H21N5O/c1-10(2)19-7-3-4-11(9-19)13-5-6-17-15-12(14(16)21)8-18-20(13)15/h5-6,8,10-11H,3-4,7,9H2,1-2H3,(H2,16,21). The number of rotatable bonds is 3. The third-order valence-corrected chi connectivity index (χ3v) is 4.30. The zero-order valence-electron chi connectivity index (χ0n) is 12.5. The molecule has 0 saturated carbocycles. The van der Waals surface area contributed by atoms with E-state index >= 15 is 0 Å². The normalized spacial score (nSPS) is 20.2. The average molecular weight is 287 g/mol. The summed E-state index contributed by atoms with van der Waals surface area (Å²) in [5.74, 6) is -0.0747. The van der Waals surface area contributed by atoms with Crippen LogP contribution in [0.25, 0.3) is 5.65 Å². The minimum absolute atomic E-state index is 0.383. The van der Waals surface area contributed by atoms with Crippen molar-refractivity contribution in [2.75, 3.05) is 13.1 Å². The molecule has 0 spiro atoms. The lowest BCUT2D eigenvalue weighted by Crippen LogP contribution is -2.39. The van der Waals surface area contributed by atoms with Crippen LogP contribution >= 0.6 is 0 Å². The molecule has 1 fully saturated rings. The largest absolute Gasteiger partial charge is 0.365 e. The first kappa shape index (κ1) is 14.0. The number of amides is 1. The van der Waals surface area contributed by atoms with Crippen LogP contribution in [-0.2, 0) is 0 Å². The number of hydrogen-bond donors (Lipinski definition) is 1. The Labute approximate surface area is 123 Å². The number of carbonyl (C=O) groups is 1. The smallest absolute Gasteiger partial charge is 0.254 e. The van der Waals surface area contributed by atoms with Gasteiger partial charge in [-0.2, -0.15) is 5.10 Å². The highest BCUT2D eigenvalue weighted by molar-refractivity contribution is 5.98. The van der Waals surface area contributed by atoms with E-state index in [9.17, 15) is 4.79 Å². The van der Waals surface area contributed by atoms with Gasteiger partial charge in [-0.1, -0.05) is 0 Å². The summed E-state index contributed by atoms with van der Waals surface area (Å²) in [7, 11) is 0. The number of nitrogens with two attached hydrogens (primary N) is 1. The van der Waals surface area contributed by atoms with Crippen LogP contribution in [0.15, 0.2) is 18.5 Å². The number of piperidine rings is 1. The van der Waals surface area contributed by atoms with E-state index in [0.717, 1.165) is 25.2 Å². The Bertz CT molecular complexity index is 663. The zero-order valence-corrected chi connectivity index (χ0v) is 12.5. The summed E-state index contributed by atoms with van der Waals surface area (Å²) < 4.78 is 1.77. The van der Waals surface area contributed by atoms with Gasteiger partial charge in [0.05, 0.1) is 11.9 Å². The molecule has 0 bridgehead atoms. The van der Waals surface area contributed by atoms with E-state index < -0.39 is 5.91 Å². The van der Waals surface area contributed by atoms with Crippen LogP contribution in [-0.4, -0.2) is 44.5 Å². The van der Waals surface area contributed by atoms with E-state index in [1.807, 2.05) is 6.07 Å². The van der Waals surface area contributed by atoms with Crippen molar-refractivity contribution in [3.8, 4) is 0 Å². The maximum Gasteiger partial charge on any atom is 0.254 e. The molecule has 1 atom stereocenters. The van der Waals surface area contributed by atoms with Crippen molar-refractivity contribution < 1.29 is 4.79 Å². The summed E-state index contributed by atoms with van der Waals surface area (Å²) >= 11 is 0. The highest BCUT2D eigenvalue weighted by Crippen LogP contribution is 2.28. The molecule has 2 aromatic heterocycles. The monoisotopic (exact) mass is 287 g/mol. The third-order valence-electron chi connectivity index (χ3n) is 4.30. The zero-order chi connectivity index (χ0) is 15.0. The van der Waals surface area contributed by atoms with Crippen molar-refractivity contribution in [3.63, 3.8) is 0 Å². The number of aromatic nitrogens is 3. The van der Waals surface area contributed by atoms with Crippen LogP contribution in [0.1, 0.15) is 48.7 Å². The fraction of sp³-hybridized carbons (Fsp3) is 0.533. The number of primary amides is 1. The molecule has 0 aromatic carbocycles. The molecule has 0 radical (unpaired) electrons. The molecule has 1 saturated heterocycles. The minimum atomic E-state index is -0.484. The quantitative estimate of drug-likeness (QED) is 0.926. The first-order chi connectivity index (χ1) is 10.1. The number of carbonyl (C=O) groups excluding carboxylic acids is 1. The molecular weight excluding hydrogens is 266 g/mol. The van der Waals surface area contributed by atoms with Crippen molar-refractivity contribution in [1.82, 2.24) is 19.5 Å². The molecule has 2 N–H and O–H groups in total. The first-order valence-electron chi connectivity index (χ1n) is 7.44. The Morgan fingerprint density at radius 3 is 3.00 bits per heavy atom. The summed E-state index contributed by atoms with van der Waals surface area (Å²) in [6.07, 6.45) is 5.56. The average Bonchev–Trinajstić information content (AvgIpc) is 2.91. The lowest BCUT2D eigenvalue weighted by Gasteiger charge is -2.35. The van der Waals surface area contributed by atoms with Gasteiger partial charge >= 0.3 is 0 Å². The Morgan fingerprint density at radius 2 is 2.29 bits per heavy atom. The number of likely N-dealkylation sites (tertiary alicyclic amines) is 1. The number of fused-ring (bicyclic) bond motifs is 1. The summed E-state index contributed by atoms with van der Waals surface area (Å²) in [5, 5.41) is 4.32. The molecule has 1 aliphatic rings. The Hall–Kier alpha value is -1.95. The van der Waals surface area contributed by atoms with Gasteiger partial charge < -0.3 is 10.6 Å². The second-order valence-corrected chi connectivity index (χ2v) is 5.96. The van der Waals surface area contributed by atoms with Gasteiger partial charge in [-0.05, 0) is 39.3 Å². The van der Waals surface area contributed by atoms with Gasteiger partial charge in [0.1, 0.15) is 5.56 Å². The molecule has 112 valence electrons. The van der Waals surface area contributed by atoms with Gasteiger partial charge in [-0.15, -0.1) is 0 Å². The lowest BCUT2D eigenvalue weighted by molar-refractivity contribution is 0.100. The molecule has 0 aliphatic carbocycles. The van der Waals surface area contributed by atoms with E-state index in [2.05, 4.69) is 28.8 Å². The molecule has 6 heteroatoms. The summed E-state index contributed by atoms with van der Waals surface area (Å²) in [6.45, 7) is 6.61. The molecule has 2 aromatic rings. The van der Waals surface area contributed by atoms with Crippen molar-refractivity contribution >= 4 is 11.6 Å². The maximum atomic E-state index is 11.4. The predicted molar refractivity (Wildman–Crippen MR) is 80.2 cm³/mol. The molecule has 1 unspecified atom stereocenters. The maximum absolute atomic E-state index is 11.4. The molecule has 6 nitrogen and oxygen atoms in total. The van der Waals surface area contributed by atoms with Gasteiger partial charge in [0, 0.05) is 24.7 Å².